The van der Waals surface area contributed by atoms with E-state index in [-0.39, 0.29) is 0 Å². The van der Waals surface area contributed by atoms with E-state index in [0.717, 1.165) is 5.46 Å². The molecular formula is C24H41B. The van der Waals surface area contributed by atoms with Gasteiger partial charge in [-0.15, -0.1) is 0 Å². The maximum absolute atomic E-state index is 6.41. The van der Waals surface area contributed by atoms with Crippen molar-refractivity contribution < 1.29 is 0 Å². The van der Waals surface area contributed by atoms with E-state index in [1.807, 2.05) is 0 Å². The molecule has 0 amide bonds. The van der Waals surface area contributed by atoms with Crippen LogP contribution in [0.1, 0.15) is 115 Å². The highest BCUT2D eigenvalue weighted by Crippen LogP contribution is 2.21. The second-order valence-electron chi connectivity index (χ2n) is 7.70. The fourth-order valence-corrected chi connectivity index (χ4v) is 3.80. The Labute approximate surface area is 159 Å². The van der Waals surface area contributed by atoms with Crippen LogP contribution in [0.15, 0.2) is 12.1 Å². The Kier molecular flexibility index (Phi) is 12.9. The number of unbranched alkanes of at least 4 members (excludes halogenated alkanes) is 9. The van der Waals surface area contributed by atoms with Gasteiger partial charge in [0.25, 0.3) is 0 Å². The summed E-state index contributed by atoms with van der Waals surface area (Å²) in [5, 5.41) is 0. The van der Waals surface area contributed by atoms with Crippen molar-refractivity contribution in [2.24, 2.45) is 0 Å². The van der Waals surface area contributed by atoms with Gasteiger partial charge >= 0.3 is 0 Å². The average Bonchev–Trinajstić information content (AvgIpc) is 2.62. The summed E-state index contributed by atoms with van der Waals surface area (Å²) in [7, 11) is 6.41. The first-order valence-corrected chi connectivity index (χ1v) is 11.1. The van der Waals surface area contributed by atoms with E-state index in [1.54, 1.807) is 11.1 Å². The molecule has 0 aliphatic rings. The van der Waals surface area contributed by atoms with Gasteiger partial charge in [0, 0.05) is 0 Å². The molecule has 0 atom stereocenters. The Morgan fingerprint density at radius 3 is 1.56 bits per heavy atom. The third-order valence-electron chi connectivity index (χ3n) is 5.42. The zero-order chi connectivity index (χ0) is 18.3. The number of hydrogen-bond acceptors (Lipinski definition) is 0. The Balaban J connectivity index is 2.80. The van der Waals surface area contributed by atoms with Crippen molar-refractivity contribution in [1.29, 1.82) is 0 Å². The van der Waals surface area contributed by atoms with Crippen LogP contribution in [-0.2, 0) is 19.3 Å². The molecule has 1 rings (SSSR count). The van der Waals surface area contributed by atoms with Crippen molar-refractivity contribution in [2.45, 2.75) is 117 Å². The van der Waals surface area contributed by atoms with Crippen LogP contribution in [0.2, 0.25) is 0 Å². The molecule has 1 aromatic carbocycles. The molecular weight excluding hydrogens is 299 g/mol. The van der Waals surface area contributed by atoms with E-state index in [2.05, 4.69) is 32.9 Å². The maximum atomic E-state index is 6.41. The van der Waals surface area contributed by atoms with E-state index in [9.17, 15) is 0 Å². The smallest absolute Gasteiger partial charge is 0.0932 e. The maximum Gasteiger partial charge on any atom is 0.114 e. The zero-order valence-electron chi connectivity index (χ0n) is 17.3. The van der Waals surface area contributed by atoms with Crippen LogP contribution in [0.4, 0.5) is 0 Å². The van der Waals surface area contributed by atoms with Crippen LogP contribution >= 0.6 is 0 Å². The fourth-order valence-electron chi connectivity index (χ4n) is 3.80. The SMILES string of the molecule is [B]c1ccc(CCCCCC)c(CCCCCC)c1CCCCCC. The normalized spacial score (nSPS) is 11.2. The Bertz CT molecular complexity index is 450. The summed E-state index contributed by atoms with van der Waals surface area (Å²) in [6, 6.07) is 4.51. The first kappa shape index (κ1) is 22.3. The van der Waals surface area contributed by atoms with Crippen molar-refractivity contribution in [1.82, 2.24) is 0 Å². The summed E-state index contributed by atoms with van der Waals surface area (Å²) in [6.07, 6.45) is 19.7. The van der Waals surface area contributed by atoms with Crippen molar-refractivity contribution in [3.8, 4) is 0 Å². The summed E-state index contributed by atoms with van der Waals surface area (Å²) >= 11 is 0. The number of hydrogen-bond donors (Lipinski definition) is 0. The van der Waals surface area contributed by atoms with Crippen LogP contribution in [0.5, 0.6) is 0 Å². The van der Waals surface area contributed by atoms with Crippen LogP contribution in [-0.4, -0.2) is 7.85 Å². The minimum Gasteiger partial charge on any atom is -0.0932 e. The van der Waals surface area contributed by atoms with Gasteiger partial charge in [-0.2, -0.15) is 0 Å². The number of rotatable bonds is 15. The second-order valence-corrected chi connectivity index (χ2v) is 7.70. The fraction of sp³-hybridized carbons (Fsp3) is 0.750. The van der Waals surface area contributed by atoms with Crippen LogP contribution < -0.4 is 5.46 Å². The molecule has 0 unspecified atom stereocenters. The van der Waals surface area contributed by atoms with Crippen LogP contribution in [0.25, 0.3) is 0 Å². The molecule has 0 saturated heterocycles. The van der Waals surface area contributed by atoms with Crippen LogP contribution in [0, 0.1) is 0 Å². The van der Waals surface area contributed by atoms with Crippen LogP contribution in [0.3, 0.4) is 0 Å². The molecule has 0 spiro atoms. The summed E-state index contributed by atoms with van der Waals surface area (Å²) in [4.78, 5) is 0. The van der Waals surface area contributed by atoms with Gasteiger partial charge in [-0.1, -0.05) is 102 Å². The van der Waals surface area contributed by atoms with Gasteiger partial charge in [0.2, 0.25) is 0 Å². The van der Waals surface area contributed by atoms with Crippen molar-refractivity contribution in [3.63, 3.8) is 0 Å². The standard InChI is InChI=1S/C24H41B/c1-4-7-10-13-16-21-19-20-24(25)23(18-15-12-9-6-3)22(21)17-14-11-8-5-2/h19-20H,4-18H2,1-3H3. The van der Waals surface area contributed by atoms with Crippen molar-refractivity contribution >= 4 is 13.3 Å². The highest BCUT2D eigenvalue weighted by atomic mass is 14.2. The average molecular weight is 340 g/mol. The summed E-state index contributed by atoms with van der Waals surface area (Å²) < 4.78 is 0. The molecule has 0 aliphatic heterocycles. The number of benzene rings is 1. The van der Waals surface area contributed by atoms with E-state index < -0.39 is 0 Å². The monoisotopic (exact) mass is 340 g/mol. The van der Waals surface area contributed by atoms with Crippen molar-refractivity contribution in [3.05, 3.63) is 28.8 Å². The molecule has 0 bridgehead atoms. The topological polar surface area (TPSA) is 0 Å². The lowest BCUT2D eigenvalue weighted by atomic mass is 9.80. The van der Waals surface area contributed by atoms with Crippen molar-refractivity contribution in [2.75, 3.05) is 0 Å². The minimum atomic E-state index is 1.04. The minimum absolute atomic E-state index is 1.04. The quantitative estimate of drug-likeness (QED) is 0.242. The second kappa shape index (κ2) is 14.5. The molecule has 2 radical (unpaired) electrons. The van der Waals surface area contributed by atoms with E-state index >= 15 is 0 Å². The Morgan fingerprint density at radius 1 is 0.560 bits per heavy atom. The van der Waals surface area contributed by atoms with Gasteiger partial charge in [-0.3, -0.25) is 0 Å². The van der Waals surface area contributed by atoms with Gasteiger partial charge in [-0.25, -0.2) is 0 Å². The first-order valence-electron chi connectivity index (χ1n) is 11.1. The lowest BCUT2D eigenvalue weighted by Crippen LogP contribution is -2.16. The molecule has 0 saturated carbocycles. The predicted molar refractivity (Wildman–Crippen MR) is 115 cm³/mol. The molecule has 0 aliphatic carbocycles. The zero-order valence-corrected chi connectivity index (χ0v) is 17.3. The molecule has 25 heavy (non-hydrogen) atoms. The lowest BCUT2D eigenvalue weighted by molar-refractivity contribution is 0.640. The molecule has 0 N–H and O–H groups in total. The van der Waals surface area contributed by atoms with Gasteiger partial charge in [0.15, 0.2) is 0 Å². The molecule has 1 heteroatoms. The largest absolute Gasteiger partial charge is 0.114 e. The van der Waals surface area contributed by atoms with E-state index in [1.165, 1.54) is 102 Å². The molecule has 1 aromatic rings. The molecule has 0 fully saturated rings. The predicted octanol–water partition coefficient (Wildman–Crippen LogP) is 6.85. The number of aryl methyl sites for hydroxylation is 1. The molecule has 0 heterocycles. The summed E-state index contributed by atoms with van der Waals surface area (Å²) in [5.41, 5.74) is 5.73. The molecule has 140 valence electrons. The Hall–Kier alpha value is -0.715. The third-order valence-corrected chi connectivity index (χ3v) is 5.42. The van der Waals surface area contributed by atoms with Gasteiger partial charge in [-0.05, 0) is 49.7 Å². The highest BCUT2D eigenvalue weighted by molar-refractivity contribution is 6.33. The Morgan fingerprint density at radius 2 is 1.04 bits per heavy atom. The summed E-state index contributed by atoms with van der Waals surface area (Å²) in [6.45, 7) is 6.86. The van der Waals surface area contributed by atoms with Gasteiger partial charge in [0.1, 0.15) is 7.85 Å². The van der Waals surface area contributed by atoms with Gasteiger partial charge < -0.3 is 0 Å². The molecule has 0 nitrogen and oxygen atoms in total. The van der Waals surface area contributed by atoms with E-state index in [0.29, 0.717) is 0 Å². The lowest BCUT2D eigenvalue weighted by Gasteiger charge is -2.18. The van der Waals surface area contributed by atoms with E-state index in [4.69, 9.17) is 7.85 Å². The third kappa shape index (κ3) is 8.97. The molecule has 0 aromatic heterocycles. The highest BCUT2D eigenvalue weighted by Gasteiger charge is 2.11. The first-order chi connectivity index (χ1) is 12.2. The summed E-state index contributed by atoms with van der Waals surface area (Å²) in [5.74, 6) is 0. The van der Waals surface area contributed by atoms with Gasteiger partial charge in [0.05, 0.1) is 0 Å².